The van der Waals surface area contributed by atoms with E-state index in [4.69, 9.17) is 0 Å². The molecule has 0 bridgehead atoms. The van der Waals surface area contributed by atoms with Gasteiger partial charge in [0.05, 0.1) is 6.54 Å². The third-order valence-electron chi connectivity index (χ3n) is 4.62. The van der Waals surface area contributed by atoms with Gasteiger partial charge in [-0.1, -0.05) is 6.07 Å². The van der Waals surface area contributed by atoms with Crippen LogP contribution in [0.2, 0.25) is 0 Å². The van der Waals surface area contributed by atoms with Crippen molar-refractivity contribution in [2.24, 2.45) is 11.8 Å². The van der Waals surface area contributed by atoms with Crippen LogP contribution in [0.25, 0.3) is 0 Å². The van der Waals surface area contributed by atoms with Gasteiger partial charge >= 0.3 is 0 Å². The zero-order valence-electron chi connectivity index (χ0n) is 12.3. The molecule has 2 heterocycles. The van der Waals surface area contributed by atoms with Gasteiger partial charge in [-0.05, 0) is 62.0 Å². The first kappa shape index (κ1) is 13.6. The molecule has 1 amide bonds. The van der Waals surface area contributed by atoms with Crippen molar-refractivity contribution in [3.05, 3.63) is 29.3 Å². The van der Waals surface area contributed by atoms with Crippen molar-refractivity contribution in [3.8, 4) is 0 Å². The van der Waals surface area contributed by atoms with Gasteiger partial charge in [-0.15, -0.1) is 0 Å². The number of carbonyl (C=O) groups is 1. The minimum atomic E-state index is 0.0983. The second-order valence-electron chi connectivity index (χ2n) is 6.22. The zero-order chi connectivity index (χ0) is 14.1. The molecule has 0 spiro atoms. The molecule has 2 atom stereocenters. The van der Waals surface area contributed by atoms with E-state index in [0.29, 0.717) is 6.54 Å². The fraction of sp³-hybridized carbons (Fsp3) is 0.562. The zero-order valence-corrected chi connectivity index (χ0v) is 12.3. The van der Waals surface area contributed by atoms with Gasteiger partial charge in [0, 0.05) is 18.8 Å². The summed E-state index contributed by atoms with van der Waals surface area (Å²) in [5.74, 6) is 1.58. The molecule has 0 aromatic heterocycles. The standard InChI is InChI=1S/C16H23N3O/c1-11-3-4-15(5-12(11)2)18-16(20)10-19-8-13-6-17-7-14(13)9-19/h3-5,13-14,17H,6-10H2,1-2H3,(H,18,20). The molecule has 2 unspecified atom stereocenters. The number of carbonyl (C=O) groups excluding carboxylic acids is 1. The summed E-state index contributed by atoms with van der Waals surface area (Å²) < 4.78 is 0. The Kier molecular flexibility index (Phi) is 3.76. The number of hydrogen-bond donors (Lipinski definition) is 2. The molecule has 0 radical (unpaired) electrons. The topological polar surface area (TPSA) is 44.4 Å². The fourth-order valence-electron chi connectivity index (χ4n) is 3.30. The molecule has 4 heteroatoms. The van der Waals surface area contributed by atoms with Crippen molar-refractivity contribution in [2.75, 3.05) is 38.0 Å². The van der Waals surface area contributed by atoms with E-state index >= 15 is 0 Å². The molecule has 2 saturated heterocycles. The summed E-state index contributed by atoms with van der Waals surface area (Å²) in [5.41, 5.74) is 3.37. The molecule has 0 aliphatic carbocycles. The second-order valence-corrected chi connectivity index (χ2v) is 6.22. The van der Waals surface area contributed by atoms with Crippen LogP contribution in [-0.2, 0) is 4.79 Å². The van der Waals surface area contributed by atoms with Crippen LogP contribution in [0.1, 0.15) is 11.1 Å². The van der Waals surface area contributed by atoms with Crippen LogP contribution in [0.15, 0.2) is 18.2 Å². The lowest BCUT2D eigenvalue weighted by Crippen LogP contribution is -2.33. The van der Waals surface area contributed by atoms with Crippen LogP contribution in [0.3, 0.4) is 0 Å². The van der Waals surface area contributed by atoms with Gasteiger partial charge in [-0.3, -0.25) is 9.69 Å². The highest BCUT2D eigenvalue weighted by Crippen LogP contribution is 2.25. The Morgan fingerprint density at radius 2 is 1.95 bits per heavy atom. The Labute approximate surface area is 120 Å². The van der Waals surface area contributed by atoms with Crippen LogP contribution in [0.5, 0.6) is 0 Å². The monoisotopic (exact) mass is 273 g/mol. The summed E-state index contributed by atoms with van der Waals surface area (Å²) in [6, 6.07) is 6.07. The van der Waals surface area contributed by atoms with Crippen LogP contribution >= 0.6 is 0 Å². The Morgan fingerprint density at radius 3 is 2.60 bits per heavy atom. The van der Waals surface area contributed by atoms with Crippen molar-refractivity contribution in [2.45, 2.75) is 13.8 Å². The van der Waals surface area contributed by atoms with Gasteiger partial charge in [-0.25, -0.2) is 0 Å². The summed E-state index contributed by atoms with van der Waals surface area (Å²) >= 11 is 0. The summed E-state index contributed by atoms with van der Waals surface area (Å²) in [7, 11) is 0. The number of likely N-dealkylation sites (tertiary alicyclic amines) is 1. The van der Waals surface area contributed by atoms with Crippen molar-refractivity contribution in [3.63, 3.8) is 0 Å². The number of benzene rings is 1. The highest BCUT2D eigenvalue weighted by atomic mass is 16.2. The molecule has 2 aliphatic heterocycles. The summed E-state index contributed by atoms with van der Waals surface area (Å²) in [5, 5.41) is 6.43. The maximum Gasteiger partial charge on any atom is 0.238 e. The van der Waals surface area contributed by atoms with Crippen LogP contribution in [0, 0.1) is 25.7 Å². The minimum absolute atomic E-state index is 0.0983. The molecular weight excluding hydrogens is 250 g/mol. The largest absolute Gasteiger partial charge is 0.325 e. The molecule has 2 N–H and O–H groups in total. The number of aryl methyl sites for hydroxylation is 2. The lowest BCUT2D eigenvalue weighted by atomic mass is 10.0. The molecule has 20 heavy (non-hydrogen) atoms. The van der Waals surface area contributed by atoms with Crippen molar-refractivity contribution in [1.29, 1.82) is 0 Å². The maximum absolute atomic E-state index is 12.1. The third-order valence-corrected chi connectivity index (χ3v) is 4.62. The molecule has 0 saturated carbocycles. The predicted octanol–water partition coefficient (Wildman–Crippen LogP) is 1.39. The Balaban J connectivity index is 1.53. The van der Waals surface area contributed by atoms with E-state index in [-0.39, 0.29) is 5.91 Å². The third kappa shape index (κ3) is 2.86. The van der Waals surface area contributed by atoms with Gasteiger partial charge in [0.1, 0.15) is 0 Å². The smallest absolute Gasteiger partial charge is 0.238 e. The highest BCUT2D eigenvalue weighted by molar-refractivity contribution is 5.92. The number of nitrogens with one attached hydrogen (secondary N) is 2. The van der Waals surface area contributed by atoms with Crippen LogP contribution < -0.4 is 10.6 Å². The summed E-state index contributed by atoms with van der Waals surface area (Å²) in [4.78, 5) is 14.4. The highest BCUT2D eigenvalue weighted by Gasteiger charge is 2.36. The normalized spacial score (nSPS) is 25.7. The van der Waals surface area contributed by atoms with Crippen molar-refractivity contribution in [1.82, 2.24) is 10.2 Å². The number of fused-ring (bicyclic) bond motifs is 1. The molecule has 4 nitrogen and oxygen atoms in total. The van der Waals surface area contributed by atoms with E-state index in [1.165, 1.54) is 11.1 Å². The van der Waals surface area contributed by atoms with E-state index in [0.717, 1.165) is 43.7 Å². The van der Waals surface area contributed by atoms with Gasteiger partial charge in [0.2, 0.25) is 5.91 Å². The SMILES string of the molecule is Cc1ccc(NC(=O)CN2CC3CNCC3C2)cc1C. The van der Waals surface area contributed by atoms with E-state index in [2.05, 4.69) is 35.4 Å². The van der Waals surface area contributed by atoms with Gasteiger partial charge in [-0.2, -0.15) is 0 Å². The van der Waals surface area contributed by atoms with Crippen LogP contribution in [0.4, 0.5) is 5.69 Å². The lowest BCUT2D eigenvalue weighted by molar-refractivity contribution is -0.117. The number of rotatable bonds is 3. The van der Waals surface area contributed by atoms with E-state index in [9.17, 15) is 4.79 Å². The number of anilines is 1. The van der Waals surface area contributed by atoms with Gasteiger partial charge < -0.3 is 10.6 Å². The Hall–Kier alpha value is -1.39. The minimum Gasteiger partial charge on any atom is -0.325 e. The first-order valence-electron chi connectivity index (χ1n) is 7.42. The molecule has 2 fully saturated rings. The lowest BCUT2D eigenvalue weighted by Gasteiger charge is -2.16. The average Bonchev–Trinajstić information content (AvgIpc) is 2.94. The fourth-order valence-corrected chi connectivity index (χ4v) is 3.30. The summed E-state index contributed by atoms with van der Waals surface area (Å²) in [6.07, 6.45) is 0. The number of nitrogens with zero attached hydrogens (tertiary/aromatic N) is 1. The van der Waals surface area contributed by atoms with Crippen molar-refractivity contribution < 1.29 is 4.79 Å². The van der Waals surface area contributed by atoms with Crippen molar-refractivity contribution >= 4 is 11.6 Å². The van der Waals surface area contributed by atoms with E-state index < -0.39 is 0 Å². The Morgan fingerprint density at radius 1 is 1.25 bits per heavy atom. The Bertz CT molecular complexity index is 502. The van der Waals surface area contributed by atoms with Crippen LogP contribution in [-0.4, -0.2) is 43.5 Å². The molecule has 108 valence electrons. The molecule has 1 aromatic rings. The summed E-state index contributed by atoms with van der Waals surface area (Å²) in [6.45, 7) is 8.99. The first-order valence-corrected chi connectivity index (χ1v) is 7.42. The number of amides is 1. The quantitative estimate of drug-likeness (QED) is 0.875. The average molecular weight is 273 g/mol. The van der Waals surface area contributed by atoms with Gasteiger partial charge in [0.25, 0.3) is 0 Å². The first-order chi connectivity index (χ1) is 9.61. The van der Waals surface area contributed by atoms with E-state index in [1.807, 2.05) is 12.1 Å². The van der Waals surface area contributed by atoms with Gasteiger partial charge in [0.15, 0.2) is 0 Å². The maximum atomic E-state index is 12.1. The van der Waals surface area contributed by atoms with E-state index in [1.54, 1.807) is 0 Å². The number of hydrogen-bond acceptors (Lipinski definition) is 3. The molecule has 2 aliphatic rings. The second kappa shape index (κ2) is 5.54. The predicted molar refractivity (Wildman–Crippen MR) is 80.8 cm³/mol. The molecular formula is C16H23N3O. The molecule has 3 rings (SSSR count). The molecule has 1 aromatic carbocycles.